The highest BCUT2D eigenvalue weighted by molar-refractivity contribution is 7.10. The van der Waals surface area contributed by atoms with Crippen molar-refractivity contribution in [3.63, 3.8) is 0 Å². The van der Waals surface area contributed by atoms with Crippen LogP contribution in [0, 0.1) is 0 Å². The number of rotatable bonds is 5. The number of hydrogen-bond acceptors (Lipinski definition) is 3. The summed E-state index contributed by atoms with van der Waals surface area (Å²) in [6.07, 6.45) is 5.56. The molecule has 0 spiro atoms. The number of amides is 1. The number of likely N-dealkylation sites (tertiary alicyclic amines) is 1. The minimum absolute atomic E-state index is 0. The first-order valence-electron chi connectivity index (χ1n) is 8.08. The van der Waals surface area contributed by atoms with Crippen LogP contribution in [-0.4, -0.2) is 29.9 Å². The third-order valence-corrected chi connectivity index (χ3v) is 4.96. The number of halogens is 1. The summed E-state index contributed by atoms with van der Waals surface area (Å²) in [5.41, 5.74) is 1.36. The summed E-state index contributed by atoms with van der Waals surface area (Å²) in [5, 5.41) is 5.13. The van der Waals surface area contributed by atoms with Crippen molar-refractivity contribution in [1.29, 1.82) is 0 Å². The second-order valence-corrected chi connectivity index (χ2v) is 6.87. The fourth-order valence-electron chi connectivity index (χ4n) is 2.87. The molecule has 1 aliphatic heterocycles. The van der Waals surface area contributed by atoms with Crippen LogP contribution in [0.15, 0.2) is 53.9 Å². The summed E-state index contributed by atoms with van der Waals surface area (Å²) in [6, 6.07) is 14.9. The van der Waals surface area contributed by atoms with Crippen molar-refractivity contribution in [2.45, 2.75) is 25.4 Å². The van der Waals surface area contributed by atoms with Gasteiger partial charge in [-0.05, 0) is 35.9 Å². The molecule has 0 saturated carbocycles. The van der Waals surface area contributed by atoms with Gasteiger partial charge in [0.1, 0.15) is 0 Å². The van der Waals surface area contributed by atoms with Gasteiger partial charge in [-0.2, -0.15) is 0 Å². The summed E-state index contributed by atoms with van der Waals surface area (Å²) < 4.78 is 0. The van der Waals surface area contributed by atoms with Gasteiger partial charge in [0.05, 0.1) is 0 Å². The van der Waals surface area contributed by atoms with Gasteiger partial charge in [-0.15, -0.1) is 23.7 Å². The van der Waals surface area contributed by atoms with Crippen LogP contribution in [0.25, 0.3) is 6.08 Å². The van der Waals surface area contributed by atoms with Crippen molar-refractivity contribution in [2.75, 3.05) is 13.1 Å². The highest BCUT2D eigenvalue weighted by Gasteiger charge is 2.19. The van der Waals surface area contributed by atoms with Crippen molar-refractivity contribution in [1.82, 2.24) is 10.2 Å². The number of benzene rings is 1. The van der Waals surface area contributed by atoms with Crippen LogP contribution in [0.4, 0.5) is 0 Å². The molecule has 1 N–H and O–H groups in total. The molecule has 1 saturated heterocycles. The summed E-state index contributed by atoms with van der Waals surface area (Å²) in [4.78, 5) is 15.5. The Morgan fingerprint density at radius 3 is 2.58 bits per heavy atom. The van der Waals surface area contributed by atoms with Gasteiger partial charge < -0.3 is 5.32 Å². The Labute approximate surface area is 153 Å². The molecule has 1 aromatic heterocycles. The number of hydrogen-bond donors (Lipinski definition) is 1. The van der Waals surface area contributed by atoms with Crippen LogP contribution in [0.1, 0.15) is 23.3 Å². The normalized spacial score (nSPS) is 16.0. The van der Waals surface area contributed by atoms with E-state index in [2.05, 4.69) is 40.5 Å². The molecule has 2 heterocycles. The number of thiophene rings is 1. The molecule has 5 heteroatoms. The fourth-order valence-corrected chi connectivity index (χ4v) is 3.49. The Morgan fingerprint density at radius 1 is 1.17 bits per heavy atom. The molecule has 0 bridgehead atoms. The fraction of sp³-hybridized carbons (Fsp3) is 0.316. The molecule has 1 amide bonds. The maximum absolute atomic E-state index is 12.0. The number of piperidine rings is 1. The van der Waals surface area contributed by atoms with Crippen molar-refractivity contribution in [3.8, 4) is 0 Å². The van der Waals surface area contributed by atoms with Gasteiger partial charge in [-0.25, -0.2) is 0 Å². The Kier molecular flexibility index (Phi) is 7.50. The van der Waals surface area contributed by atoms with Crippen LogP contribution < -0.4 is 5.32 Å². The molecule has 24 heavy (non-hydrogen) atoms. The third kappa shape index (κ3) is 5.78. The summed E-state index contributed by atoms with van der Waals surface area (Å²) >= 11 is 1.64. The predicted octanol–water partition coefficient (Wildman–Crippen LogP) is 3.96. The smallest absolute Gasteiger partial charge is 0.244 e. The Morgan fingerprint density at radius 2 is 1.92 bits per heavy atom. The molecule has 1 fully saturated rings. The van der Waals surface area contributed by atoms with Gasteiger partial charge in [-0.1, -0.05) is 36.4 Å². The Hall–Kier alpha value is -1.62. The zero-order chi connectivity index (χ0) is 15.9. The largest absolute Gasteiger partial charge is 0.350 e. The number of carbonyl (C=O) groups is 1. The van der Waals surface area contributed by atoms with Gasteiger partial charge in [0.15, 0.2) is 0 Å². The molecule has 0 radical (unpaired) electrons. The lowest BCUT2D eigenvalue weighted by Gasteiger charge is -2.32. The second kappa shape index (κ2) is 9.62. The van der Waals surface area contributed by atoms with Crippen LogP contribution >= 0.6 is 23.7 Å². The molecule has 128 valence electrons. The average molecular weight is 363 g/mol. The lowest BCUT2D eigenvalue weighted by Crippen LogP contribution is -2.43. The van der Waals surface area contributed by atoms with E-state index < -0.39 is 0 Å². The highest BCUT2D eigenvalue weighted by Crippen LogP contribution is 2.14. The third-order valence-electron chi connectivity index (χ3n) is 4.13. The van der Waals surface area contributed by atoms with Gasteiger partial charge in [0.25, 0.3) is 0 Å². The van der Waals surface area contributed by atoms with Gasteiger partial charge in [0.2, 0.25) is 5.91 Å². The highest BCUT2D eigenvalue weighted by atomic mass is 35.5. The lowest BCUT2D eigenvalue weighted by atomic mass is 10.0. The topological polar surface area (TPSA) is 32.3 Å². The first kappa shape index (κ1) is 18.7. The van der Waals surface area contributed by atoms with Crippen molar-refractivity contribution in [3.05, 3.63) is 64.4 Å². The van der Waals surface area contributed by atoms with E-state index in [4.69, 9.17) is 0 Å². The standard InChI is InChI=1S/C19H22N2OS.ClH/c22-19(9-8-18-7-4-14-23-18)20-17-10-12-21(13-11-17)15-16-5-2-1-3-6-16;/h1-9,14,17H,10-13,15H2,(H,20,22);1H/b9-8+;. The molecule has 0 unspecified atom stereocenters. The first-order valence-corrected chi connectivity index (χ1v) is 8.96. The Balaban J connectivity index is 0.00000208. The number of carbonyl (C=O) groups excluding carboxylic acids is 1. The first-order chi connectivity index (χ1) is 11.3. The minimum atomic E-state index is 0. The number of nitrogens with one attached hydrogen (secondary N) is 1. The van der Waals surface area contributed by atoms with Crippen molar-refractivity contribution >= 4 is 35.7 Å². The van der Waals surface area contributed by atoms with E-state index >= 15 is 0 Å². The summed E-state index contributed by atoms with van der Waals surface area (Å²) in [6.45, 7) is 3.07. The van der Waals surface area contributed by atoms with Gasteiger partial charge in [0, 0.05) is 36.6 Å². The monoisotopic (exact) mass is 362 g/mol. The quantitative estimate of drug-likeness (QED) is 0.816. The molecule has 1 aromatic carbocycles. The molecule has 2 aromatic rings. The van der Waals surface area contributed by atoms with E-state index in [1.807, 2.05) is 23.6 Å². The zero-order valence-corrected chi connectivity index (χ0v) is 15.2. The molecule has 0 atom stereocenters. The maximum atomic E-state index is 12.0. The van der Waals surface area contributed by atoms with E-state index in [0.717, 1.165) is 37.4 Å². The lowest BCUT2D eigenvalue weighted by molar-refractivity contribution is -0.117. The van der Waals surface area contributed by atoms with E-state index in [9.17, 15) is 4.79 Å². The minimum Gasteiger partial charge on any atom is -0.350 e. The molecule has 1 aliphatic rings. The van der Waals surface area contributed by atoms with E-state index in [1.54, 1.807) is 17.4 Å². The van der Waals surface area contributed by atoms with Gasteiger partial charge in [-0.3, -0.25) is 9.69 Å². The zero-order valence-electron chi connectivity index (χ0n) is 13.6. The van der Waals surface area contributed by atoms with Crippen LogP contribution in [-0.2, 0) is 11.3 Å². The van der Waals surface area contributed by atoms with E-state index in [0.29, 0.717) is 6.04 Å². The summed E-state index contributed by atoms with van der Waals surface area (Å²) in [5.74, 6) is 0.0138. The van der Waals surface area contributed by atoms with Crippen molar-refractivity contribution < 1.29 is 4.79 Å². The molecule has 0 aliphatic carbocycles. The van der Waals surface area contributed by atoms with Crippen molar-refractivity contribution in [2.24, 2.45) is 0 Å². The Bertz CT molecular complexity index is 635. The van der Waals surface area contributed by atoms with Gasteiger partial charge >= 0.3 is 0 Å². The molecule has 3 rings (SSSR count). The van der Waals surface area contributed by atoms with Crippen LogP contribution in [0.5, 0.6) is 0 Å². The van der Waals surface area contributed by atoms with Crippen LogP contribution in [0.3, 0.4) is 0 Å². The second-order valence-electron chi connectivity index (χ2n) is 5.89. The summed E-state index contributed by atoms with van der Waals surface area (Å²) in [7, 11) is 0. The van der Waals surface area contributed by atoms with E-state index in [1.165, 1.54) is 5.56 Å². The predicted molar refractivity (Wildman–Crippen MR) is 103 cm³/mol. The average Bonchev–Trinajstić information content (AvgIpc) is 3.09. The number of nitrogens with zero attached hydrogens (tertiary/aromatic N) is 1. The molecular formula is C19H23ClN2OS. The molecule has 3 nitrogen and oxygen atoms in total. The maximum Gasteiger partial charge on any atom is 0.244 e. The molecular weight excluding hydrogens is 340 g/mol. The SMILES string of the molecule is Cl.O=C(/C=C/c1cccs1)NC1CCN(Cc2ccccc2)CC1. The van der Waals surface area contributed by atoms with E-state index in [-0.39, 0.29) is 18.3 Å². The van der Waals surface area contributed by atoms with Crippen LogP contribution in [0.2, 0.25) is 0 Å².